The topological polar surface area (TPSA) is 34.1 Å². The van der Waals surface area contributed by atoms with Gasteiger partial charge in [0, 0.05) is 22.3 Å². The smallest absolute Gasteiger partial charge is 0.150 e. The van der Waals surface area contributed by atoms with Gasteiger partial charge >= 0.3 is 0 Å². The lowest BCUT2D eigenvalue weighted by molar-refractivity contribution is 0.111. The number of fused-ring (bicyclic) bond motifs is 2. The first kappa shape index (κ1) is 14.3. The average Bonchev–Trinajstić information content (AvgIpc) is 2.89. The highest BCUT2D eigenvalue weighted by Crippen LogP contribution is 2.45. The molecule has 2 nitrogen and oxygen atoms in total. The van der Waals surface area contributed by atoms with Gasteiger partial charge in [-0.3, -0.25) is 9.59 Å². The molecule has 0 unspecified atom stereocenters. The zero-order valence-corrected chi connectivity index (χ0v) is 12.9. The van der Waals surface area contributed by atoms with Crippen LogP contribution in [0.5, 0.6) is 0 Å². The van der Waals surface area contributed by atoms with E-state index in [-0.39, 0.29) is 0 Å². The molecule has 0 amide bonds. The first-order valence-corrected chi connectivity index (χ1v) is 7.77. The summed E-state index contributed by atoms with van der Waals surface area (Å²) >= 11 is 0. The largest absolute Gasteiger partial charge is 0.298 e. The van der Waals surface area contributed by atoms with Crippen LogP contribution in [-0.2, 0) is 0 Å². The van der Waals surface area contributed by atoms with E-state index in [1.807, 2.05) is 72.8 Å². The van der Waals surface area contributed by atoms with Crippen molar-refractivity contribution in [3.05, 3.63) is 83.9 Å². The summed E-state index contributed by atoms with van der Waals surface area (Å²) in [7, 11) is 0. The second kappa shape index (κ2) is 5.74. The monoisotopic (exact) mass is 310 g/mol. The van der Waals surface area contributed by atoms with Crippen LogP contribution in [0.3, 0.4) is 0 Å². The molecule has 4 rings (SSSR count). The SMILES string of the molecule is O=Cc1cc2cccccc-2c1-c1c(C=O)cc2cccccc1-2. The van der Waals surface area contributed by atoms with Crippen molar-refractivity contribution in [2.45, 2.75) is 0 Å². The number of aldehydes is 2. The van der Waals surface area contributed by atoms with Crippen molar-refractivity contribution < 1.29 is 9.59 Å². The van der Waals surface area contributed by atoms with E-state index in [4.69, 9.17) is 0 Å². The van der Waals surface area contributed by atoms with Crippen LogP contribution in [0.15, 0.2) is 72.8 Å². The van der Waals surface area contributed by atoms with Crippen LogP contribution >= 0.6 is 0 Å². The van der Waals surface area contributed by atoms with Crippen molar-refractivity contribution in [2.24, 2.45) is 0 Å². The Hall–Kier alpha value is -3.26. The van der Waals surface area contributed by atoms with E-state index < -0.39 is 0 Å². The van der Waals surface area contributed by atoms with Crippen LogP contribution in [0, 0.1) is 0 Å². The van der Waals surface area contributed by atoms with Gasteiger partial charge in [0.25, 0.3) is 0 Å². The summed E-state index contributed by atoms with van der Waals surface area (Å²) in [5.41, 5.74) is 6.82. The van der Waals surface area contributed by atoms with Crippen LogP contribution in [0.4, 0.5) is 0 Å². The van der Waals surface area contributed by atoms with E-state index in [9.17, 15) is 9.59 Å². The van der Waals surface area contributed by atoms with Gasteiger partial charge in [0.05, 0.1) is 0 Å². The summed E-state index contributed by atoms with van der Waals surface area (Å²) in [5, 5.41) is 0. The minimum atomic E-state index is 0.610. The zero-order valence-electron chi connectivity index (χ0n) is 12.9. The molecule has 0 fully saturated rings. The van der Waals surface area contributed by atoms with E-state index in [2.05, 4.69) is 0 Å². The van der Waals surface area contributed by atoms with Gasteiger partial charge in [-0.15, -0.1) is 0 Å². The lowest BCUT2D eigenvalue weighted by Gasteiger charge is -2.06. The van der Waals surface area contributed by atoms with E-state index in [0.29, 0.717) is 11.1 Å². The molecule has 0 aromatic heterocycles. The molecule has 0 N–H and O–H groups in total. The Morgan fingerprint density at radius 2 is 0.958 bits per heavy atom. The Balaban J connectivity index is 2.13. The number of carbonyl (C=O) groups is 2. The van der Waals surface area contributed by atoms with E-state index in [0.717, 1.165) is 46.0 Å². The molecular weight excluding hydrogens is 296 g/mol. The minimum Gasteiger partial charge on any atom is -0.298 e. The lowest BCUT2D eigenvalue weighted by Crippen LogP contribution is -1.87. The van der Waals surface area contributed by atoms with Crippen LogP contribution < -0.4 is 0 Å². The van der Waals surface area contributed by atoms with Gasteiger partial charge in [0.2, 0.25) is 0 Å². The Morgan fingerprint density at radius 3 is 1.38 bits per heavy atom. The molecule has 0 radical (unpaired) electrons. The molecule has 0 aliphatic heterocycles. The fourth-order valence-corrected chi connectivity index (χ4v) is 3.36. The fraction of sp³-hybridized carbons (Fsp3) is 0. The van der Waals surface area contributed by atoms with Crippen molar-refractivity contribution in [3.8, 4) is 33.4 Å². The molecule has 4 aliphatic rings. The van der Waals surface area contributed by atoms with Gasteiger partial charge in [0.1, 0.15) is 0 Å². The Bertz CT molecular complexity index is 918. The normalized spacial score (nSPS) is 10.8. The lowest BCUT2D eigenvalue weighted by atomic mass is 9.96. The van der Waals surface area contributed by atoms with Crippen molar-refractivity contribution >= 4 is 12.6 Å². The molecule has 4 aliphatic carbocycles. The molecule has 0 aromatic rings. The molecule has 114 valence electrons. The summed E-state index contributed by atoms with van der Waals surface area (Å²) in [5.74, 6) is 0. The van der Waals surface area contributed by atoms with E-state index in [1.165, 1.54) is 0 Å². The van der Waals surface area contributed by atoms with Crippen molar-refractivity contribution in [2.75, 3.05) is 0 Å². The molecule has 0 saturated carbocycles. The summed E-state index contributed by atoms with van der Waals surface area (Å²) < 4.78 is 0. The third-order valence-corrected chi connectivity index (χ3v) is 4.39. The predicted octanol–water partition coefficient (Wildman–Crippen LogP) is 5.19. The molecule has 24 heavy (non-hydrogen) atoms. The molecular formula is C22H14O2. The van der Waals surface area contributed by atoms with Crippen molar-refractivity contribution in [1.29, 1.82) is 0 Å². The van der Waals surface area contributed by atoms with Crippen molar-refractivity contribution in [3.63, 3.8) is 0 Å². The third-order valence-electron chi connectivity index (χ3n) is 4.39. The maximum absolute atomic E-state index is 11.7. The van der Waals surface area contributed by atoms with Gasteiger partial charge in [-0.05, 0) is 34.4 Å². The third kappa shape index (κ3) is 2.12. The highest BCUT2D eigenvalue weighted by molar-refractivity contribution is 6.09. The van der Waals surface area contributed by atoms with Crippen LogP contribution in [0.1, 0.15) is 20.7 Å². The van der Waals surface area contributed by atoms with Gasteiger partial charge < -0.3 is 0 Å². The first-order chi connectivity index (χ1) is 11.8. The summed E-state index contributed by atoms with van der Waals surface area (Å²) in [4.78, 5) is 23.4. The summed E-state index contributed by atoms with van der Waals surface area (Å²) in [6.07, 6.45) is 1.73. The highest BCUT2D eigenvalue weighted by Gasteiger charge is 2.23. The quantitative estimate of drug-likeness (QED) is 0.488. The highest BCUT2D eigenvalue weighted by atomic mass is 16.1. The second-order valence-corrected chi connectivity index (χ2v) is 5.74. The number of hydrogen-bond donors (Lipinski definition) is 0. The second-order valence-electron chi connectivity index (χ2n) is 5.74. The van der Waals surface area contributed by atoms with Gasteiger partial charge in [-0.2, -0.15) is 0 Å². The molecule has 0 atom stereocenters. The standard InChI is InChI=1S/C22H14O2/c23-13-17-11-15-7-3-1-5-9-19(15)21(17)22-18(14-24)12-16-8-4-2-6-10-20(16)22/h1-14H. The summed E-state index contributed by atoms with van der Waals surface area (Å²) in [6.45, 7) is 0. The maximum atomic E-state index is 11.7. The minimum absolute atomic E-state index is 0.610. The predicted molar refractivity (Wildman–Crippen MR) is 95.9 cm³/mol. The molecule has 2 heteroatoms. The number of carbonyl (C=O) groups excluding carboxylic acids is 2. The Morgan fingerprint density at radius 1 is 0.542 bits per heavy atom. The Labute approximate surface area is 140 Å². The molecule has 0 aromatic carbocycles. The van der Waals surface area contributed by atoms with Gasteiger partial charge in [-0.1, -0.05) is 60.7 Å². The van der Waals surface area contributed by atoms with E-state index in [1.54, 1.807) is 0 Å². The Kier molecular flexibility index (Phi) is 3.43. The first-order valence-electron chi connectivity index (χ1n) is 7.77. The number of hydrogen-bond acceptors (Lipinski definition) is 2. The fourth-order valence-electron chi connectivity index (χ4n) is 3.36. The van der Waals surface area contributed by atoms with Crippen molar-refractivity contribution in [1.82, 2.24) is 0 Å². The summed E-state index contributed by atoms with van der Waals surface area (Å²) in [6, 6.07) is 23.4. The number of rotatable bonds is 3. The molecule has 0 saturated heterocycles. The molecule has 0 bridgehead atoms. The van der Waals surface area contributed by atoms with Crippen LogP contribution in [-0.4, -0.2) is 12.6 Å². The average molecular weight is 310 g/mol. The molecule has 0 spiro atoms. The van der Waals surface area contributed by atoms with Gasteiger partial charge in [-0.25, -0.2) is 0 Å². The van der Waals surface area contributed by atoms with Crippen LogP contribution in [0.2, 0.25) is 0 Å². The van der Waals surface area contributed by atoms with E-state index >= 15 is 0 Å². The zero-order chi connectivity index (χ0) is 16.5. The maximum Gasteiger partial charge on any atom is 0.150 e. The molecule has 0 heterocycles. The van der Waals surface area contributed by atoms with Crippen LogP contribution in [0.25, 0.3) is 33.4 Å². The van der Waals surface area contributed by atoms with Gasteiger partial charge in [0.15, 0.2) is 12.6 Å².